The van der Waals surface area contributed by atoms with E-state index in [0.29, 0.717) is 34.5 Å². The summed E-state index contributed by atoms with van der Waals surface area (Å²) in [6.07, 6.45) is 5.03. The first-order valence-electron chi connectivity index (χ1n) is 12.5. The maximum Gasteiger partial charge on any atom is 0.408 e. The fourth-order valence-electron chi connectivity index (χ4n) is 5.55. The van der Waals surface area contributed by atoms with Gasteiger partial charge in [0.15, 0.2) is 17.0 Å². The van der Waals surface area contributed by atoms with Crippen LogP contribution in [0, 0.1) is 5.92 Å². The van der Waals surface area contributed by atoms with Crippen molar-refractivity contribution in [2.75, 3.05) is 30.4 Å². The van der Waals surface area contributed by atoms with E-state index in [1.165, 1.54) is 0 Å². The van der Waals surface area contributed by atoms with Crippen molar-refractivity contribution in [1.82, 2.24) is 34.6 Å². The number of fused-ring (bicyclic) bond motifs is 1. The molecule has 12 nitrogen and oxygen atoms in total. The number of aryl methyl sites for hydroxylation is 1. The van der Waals surface area contributed by atoms with E-state index in [0.717, 1.165) is 25.2 Å². The van der Waals surface area contributed by atoms with Gasteiger partial charge in [-0.25, -0.2) is 14.2 Å². The molecule has 7 rings (SSSR count). The molecule has 0 aromatic carbocycles. The molecule has 1 aliphatic heterocycles. The van der Waals surface area contributed by atoms with Gasteiger partial charge in [0.25, 0.3) is 5.88 Å². The van der Waals surface area contributed by atoms with E-state index in [4.69, 9.17) is 19.4 Å². The van der Waals surface area contributed by atoms with E-state index in [-0.39, 0.29) is 18.6 Å². The third-order valence-electron chi connectivity index (χ3n) is 7.38. The predicted octanol–water partition coefficient (Wildman–Crippen LogP) is 2.87. The van der Waals surface area contributed by atoms with Gasteiger partial charge in [0.1, 0.15) is 17.5 Å². The normalized spacial score (nSPS) is 26.5. The Morgan fingerprint density at radius 1 is 1.22 bits per heavy atom. The van der Waals surface area contributed by atoms with Gasteiger partial charge in [-0.2, -0.15) is 9.97 Å². The number of rotatable bonds is 6. The van der Waals surface area contributed by atoms with Crippen molar-refractivity contribution in [1.29, 1.82) is 0 Å². The first-order valence-corrected chi connectivity index (χ1v) is 12.5. The van der Waals surface area contributed by atoms with Crippen LogP contribution < -0.4 is 20.3 Å². The zero-order valence-corrected chi connectivity index (χ0v) is 21.7. The molecule has 1 saturated heterocycles. The van der Waals surface area contributed by atoms with Crippen LogP contribution in [0.25, 0.3) is 11.2 Å². The third kappa shape index (κ3) is 4.09. The van der Waals surface area contributed by atoms with E-state index in [9.17, 15) is 4.79 Å². The number of carbonyl (C=O) groups excluding carboxylic acids is 1. The lowest BCUT2D eigenvalue weighted by Crippen LogP contribution is -2.59. The van der Waals surface area contributed by atoms with Gasteiger partial charge in [0.2, 0.25) is 5.95 Å². The average molecular weight is 514 g/mol. The number of hydrogen-bond acceptors (Lipinski definition) is 9. The molecule has 198 valence electrons. The second-order valence-electron chi connectivity index (χ2n) is 11.4. The van der Waals surface area contributed by atoms with Gasteiger partial charge in [-0.05, 0) is 46.0 Å². The highest BCUT2D eigenvalue weighted by atomic mass is 19.1. The predicted molar refractivity (Wildman–Crippen MR) is 134 cm³/mol. The van der Waals surface area contributed by atoms with Gasteiger partial charge in [-0.15, -0.1) is 5.10 Å². The molecule has 4 aliphatic rings. The molecule has 2 N–H and O–H groups in total. The second kappa shape index (κ2) is 8.18. The molecule has 3 saturated carbocycles. The number of imidazole rings is 1. The molecule has 2 bridgehead atoms. The minimum Gasteiger partial charge on any atom is -0.478 e. The van der Waals surface area contributed by atoms with E-state index in [1.54, 1.807) is 50.7 Å². The number of anilines is 3. The molecule has 2 atom stereocenters. The van der Waals surface area contributed by atoms with Gasteiger partial charge >= 0.3 is 6.09 Å². The number of nitrogens with one attached hydrogen (secondary N) is 2. The number of halogens is 1. The lowest BCUT2D eigenvalue weighted by Gasteiger charge is -2.62. The number of hydrogen-bond donors (Lipinski definition) is 2. The molecular formula is C24H32FN9O3. The van der Waals surface area contributed by atoms with Crippen LogP contribution in [0.4, 0.5) is 26.6 Å². The van der Waals surface area contributed by atoms with E-state index < -0.39 is 23.9 Å². The number of aromatic nitrogens is 6. The number of methoxy groups -OCH3 is 1. The maximum absolute atomic E-state index is 15.0. The van der Waals surface area contributed by atoms with E-state index >= 15 is 4.39 Å². The van der Waals surface area contributed by atoms with Crippen LogP contribution in [0.1, 0.15) is 40.0 Å². The molecule has 4 heterocycles. The second-order valence-corrected chi connectivity index (χ2v) is 11.4. The molecule has 4 fully saturated rings. The average Bonchev–Trinajstić information content (AvgIpc) is 3.42. The first-order chi connectivity index (χ1) is 17.5. The van der Waals surface area contributed by atoms with Crippen LogP contribution in [-0.2, 0) is 17.3 Å². The lowest BCUT2D eigenvalue weighted by atomic mass is 9.50. The number of alkyl carbamates (subject to hydrolysis) is 1. The highest BCUT2D eigenvalue weighted by molar-refractivity contribution is 5.87. The van der Waals surface area contributed by atoms with Crippen LogP contribution in [0.5, 0.6) is 5.88 Å². The molecule has 0 spiro atoms. The maximum atomic E-state index is 15.0. The Morgan fingerprint density at radius 3 is 2.62 bits per heavy atom. The SMILES string of the molecule is COc1nn(C)cc1Nc1nc(N2CC(F)C(NC(=O)OC(C)(C)C)C2)nc2c1ncn2C12CC(C1)C2. The summed E-state index contributed by atoms with van der Waals surface area (Å²) in [5, 5.41) is 10.3. The summed E-state index contributed by atoms with van der Waals surface area (Å²) in [4.78, 5) is 28.3. The first kappa shape index (κ1) is 23.7. The molecule has 3 aliphatic carbocycles. The van der Waals surface area contributed by atoms with Gasteiger partial charge in [0.05, 0.1) is 32.2 Å². The zero-order chi connectivity index (χ0) is 26.1. The fourth-order valence-corrected chi connectivity index (χ4v) is 5.55. The Labute approximate surface area is 213 Å². The van der Waals surface area contributed by atoms with E-state index in [2.05, 4.69) is 25.3 Å². The lowest BCUT2D eigenvalue weighted by molar-refractivity contribution is -0.0862. The van der Waals surface area contributed by atoms with Crippen LogP contribution in [-0.4, -0.2) is 73.4 Å². The molecule has 1 amide bonds. The summed E-state index contributed by atoms with van der Waals surface area (Å²) in [6.45, 7) is 5.56. The highest BCUT2D eigenvalue weighted by Crippen LogP contribution is 2.62. The van der Waals surface area contributed by atoms with Crippen molar-refractivity contribution >= 4 is 34.7 Å². The van der Waals surface area contributed by atoms with Gasteiger partial charge in [-0.3, -0.25) is 4.68 Å². The van der Waals surface area contributed by atoms with Crippen molar-refractivity contribution < 1.29 is 18.7 Å². The smallest absolute Gasteiger partial charge is 0.408 e. The Morgan fingerprint density at radius 2 is 1.97 bits per heavy atom. The highest BCUT2D eigenvalue weighted by Gasteiger charge is 2.58. The van der Waals surface area contributed by atoms with Crippen molar-refractivity contribution in [3.8, 4) is 5.88 Å². The number of amides is 1. The molecule has 2 unspecified atom stereocenters. The van der Waals surface area contributed by atoms with Crippen LogP contribution >= 0.6 is 0 Å². The Hall–Kier alpha value is -3.64. The summed E-state index contributed by atoms with van der Waals surface area (Å²) < 4.78 is 29.5. The van der Waals surface area contributed by atoms with Crippen molar-refractivity contribution in [3.63, 3.8) is 0 Å². The zero-order valence-electron chi connectivity index (χ0n) is 21.7. The van der Waals surface area contributed by atoms with Crippen molar-refractivity contribution in [2.45, 2.75) is 63.4 Å². The number of nitrogens with zero attached hydrogens (tertiary/aromatic N) is 7. The topological polar surface area (TPSA) is 124 Å². The summed E-state index contributed by atoms with van der Waals surface area (Å²) in [5.74, 6) is 2.04. The van der Waals surface area contributed by atoms with Crippen LogP contribution in [0.15, 0.2) is 12.5 Å². The van der Waals surface area contributed by atoms with Gasteiger partial charge < -0.3 is 29.6 Å². The number of ether oxygens (including phenoxy) is 2. The minimum atomic E-state index is -1.30. The van der Waals surface area contributed by atoms with Crippen LogP contribution in [0.2, 0.25) is 0 Å². The Balaban J connectivity index is 1.33. The Kier molecular flexibility index (Phi) is 5.25. The minimum absolute atomic E-state index is 0.0446. The third-order valence-corrected chi connectivity index (χ3v) is 7.38. The number of alkyl halides is 1. The largest absolute Gasteiger partial charge is 0.478 e. The quantitative estimate of drug-likeness (QED) is 0.512. The van der Waals surface area contributed by atoms with Crippen LogP contribution in [0.3, 0.4) is 0 Å². The fraction of sp³-hybridized carbons (Fsp3) is 0.625. The molecule has 13 heteroatoms. The molecule has 0 radical (unpaired) electrons. The van der Waals surface area contributed by atoms with Crippen molar-refractivity contribution in [3.05, 3.63) is 12.5 Å². The van der Waals surface area contributed by atoms with Gasteiger partial charge in [0, 0.05) is 19.1 Å². The monoisotopic (exact) mass is 513 g/mol. The summed E-state index contributed by atoms with van der Waals surface area (Å²) >= 11 is 0. The van der Waals surface area contributed by atoms with Gasteiger partial charge in [-0.1, -0.05) is 0 Å². The molecular weight excluding hydrogens is 481 g/mol. The summed E-state index contributed by atoms with van der Waals surface area (Å²) in [7, 11) is 3.35. The summed E-state index contributed by atoms with van der Waals surface area (Å²) in [5.41, 5.74) is 1.34. The van der Waals surface area contributed by atoms with Crippen molar-refractivity contribution in [2.24, 2.45) is 13.0 Å². The van der Waals surface area contributed by atoms with E-state index in [1.807, 2.05) is 6.33 Å². The molecule has 37 heavy (non-hydrogen) atoms. The standard InChI is InChI=1S/C24H32FN9O3/c1-23(2,3)37-22(35)28-15-11-33(9-14(15)25)21-29-18(27-16-10-32(4)31-20(16)36-5)17-19(30-21)34(12-26-17)24-6-13(7-24)8-24/h10,12-15H,6-9,11H2,1-5H3,(H,28,35)(H,27,29,30). The molecule has 3 aromatic rings. The Bertz CT molecular complexity index is 1350. The number of carbonyl (C=O) groups is 1. The summed E-state index contributed by atoms with van der Waals surface area (Å²) in [6, 6.07) is -0.744. The molecule has 3 aromatic heterocycles.